The van der Waals surface area contributed by atoms with Gasteiger partial charge >= 0.3 is 0 Å². The highest BCUT2D eigenvalue weighted by Crippen LogP contribution is 2.30. The summed E-state index contributed by atoms with van der Waals surface area (Å²) in [5, 5.41) is 4.70. The van der Waals surface area contributed by atoms with Crippen LogP contribution in [0.2, 0.25) is 0 Å². The Bertz CT molecular complexity index is 1140. The van der Waals surface area contributed by atoms with Gasteiger partial charge in [0.1, 0.15) is 11.6 Å². The SMILES string of the molecule is COc1cc(CCCC2SC(=O)NC2=O)ccc1OCc1csc(/C=C/c2ccccc2)n1. The summed E-state index contributed by atoms with van der Waals surface area (Å²) < 4.78 is 11.5. The van der Waals surface area contributed by atoms with Gasteiger partial charge in [-0.25, -0.2) is 4.98 Å². The van der Waals surface area contributed by atoms with Gasteiger partial charge < -0.3 is 9.47 Å². The minimum Gasteiger partial charge on any atom is -0.493 e. The molecule has 1 aliphatic rings. The van der Waals surface area contributed by atoms with Crippen molar-refractivity contribution in [3.8, 4) is 11.5 Å². The normalized spacial score (nSPS) is 15.7. The molecule has 1 fully saturated rings. The molecule has 0 radical (unpaired) electrons. The summed E-state index contributed by atoms with van der Waals surface area (Å²) in [6.45, 7) is 0.355. The maximum atomic E-state index is 11.7. The van der Waals surface area contributed by atoms with Crippen LogP contribution in [0.25, 0.3) is 12.2 Å². The lowest BCUT2D eigenvalue weighted by atomic mass is 10.1. The van der Waals surface area contributed by atoms with Crippen molar-refractivity contribution in [2.45, 2.75) is 31.1 Å². The number of benzene rings is 2. The predicted octanol–water partition coefficient (Wildman–Crippen LogP) is 5.58. The number of carbonyl (C=O) groups is 2. The molecule has 8 heteroatoms. The molecular formula is C25H24N2O4S2. The van der Waals surface area contributed by atoms with E-state index in [0.717, 1.165) is 46.4 Å². The van der Waals surface area contributed by atoms with Crippen molar-refractivity contribution in [2.75, 3.05) is 7.11 Å². The quantitative estimate of drug-likeness (QED) is 0.408. The first-order chi connectivity index (χ1) is 16.1. The Morgan fingerprint density at radius 3 is 2.70 bits per heavy atom. The van der Waals surface area contributed by atoms with Gasteiger partial charge in [-0.3, -0.25) is 14.9 Å². The molecule has 1 aliphatic heterocycles. The average Bonchev–Trinajstić information content (AvgIpc) is 3.42. The second kappa shape index (κ2) is 11.2. The molecule has 6 nitrogen and oxygen atoms in total. The average molecular weight is 481 g/mol. The van der Waals surface area contributed by atoms with Gasteiger partial charge in [0.2, 0.25) is 5.91 Å². The summed E-state index contributed by atoms with van der Waals surface area (Å²) in [5.41, 5.74) is 3.09. The third-order valence-electron chi connectivity index (χ3n) is 5.09. The van der Waals surface area contributed by atoms with Crippen molar-refractivity contribution < 1.29 is 19.1 Å². The summed E-state index contributed by atoms with van der Waals surface area (Å²) in [6.07, 6.45) is 6.30. The zero-order chi connectivity index (χ0) is 23.0. The minimum atomic E-state index is -0.285. The van der Waals surface area contributed by atoms with Gasteiger partial charge in [0.25, 0.3) is 5.24 Å². The molecule has 1 unspecified atom stereocenters. The molecule has 0 bridgehead atoms. The van der Waals surface area contributed by atoms with Crippen molar-refractivity contribution in [3.05, 3.63) is 75.7 Å². The van der Waals surface area contributed by atoms with E-state index in [2.05, 4.69) is 22.4 Å². The number of ether oxygens (including phenoxy) is 2. The fourth-order valence-electron chi connectivity index (χ4n) is 3.41. The molecule has 0 spiro atoms. The fraction of sp³-hybridized carbons (Fsp3) is 0.240. The van der Waals surface area contributed by atoms with Crippen LogP contribution >= 0.6 is 23.1 Å². The summed E-state index contributed by atoms with van der Waals surface area (Å²) in [6, 6.07) is 16.0. The highest BCUT2D eigenvalue weighted by Gasteiger charge is 2.30. The molecule has 1 saturated heterocycles. The lowest BCUT2D eigenvalue weighted by molar-refractivity contribution is -0.119. The maximum Gasteiger partial charge on any atom is 0.286 e. The van der Waals surface area contributed by atoms with E-state index in [-0.39, 0.29) is 16.4 Å². The number of hydrogen-bond donors (Lipinski definition) is 1. The van der Waals surface area contributed by atoms with Gasteiger partial charge in [0.15, 0.2) is 11.5 Å². The first-order valence-corrected chi connectivity index (χ1v) is 12.4. The maximum absolute atomic E-state index is 11.7. The smallest absolute Gasteiger partial charge is 0.286 e. The number of imide groups is 1. The molecule has 3 aromatic rings. The number of aryl methyl sites for hydroxylation is 1. The van der Waals surface area contributed by atoms with Crippen LogP contribution in [0.3, 0.4) is 0 Å². The molecule has 2 heterocycles. The van der Waals surface area contributed by atoms with E-state index in [9.17, 15) is 9.59 Å². The Hall–Kier alpha value is -3.10. The zero-order valence-corrected chi connectivity index (χ0v) is 19.8. The number of amides is 2. The molecule has 1 N–H and O–H groups in total. The van der Waals surface area contributed by atoms with Gasteiger partial charge in [-0.05, 0) is 48.6 Å². The molecule has 4 rings (SSSR count). The molecule has 2 aromatic carbocycles. The Kier molecular flexibility index (Phi) is 7.80. The van der Waals surface area contributed by atoms with E-state index in [1.807, 2.05) is 53.9 Å². The van der Waals surface area contributed by atoms with Crippen LogP contribution in [0, 0.1) is 0 Å². The molecule has 2 amide bonds. The summed E-state index contributed by atoms with van der Waals surface area (Å²) in [7, 11) is 1.62. The topological polar surface area (TPSA) is 77.5 Å². The van der Waals surface area contributed by atoms with Crippen LogP contribution in [-0.2, 0) is 17.8 Å². The summed E-state index contributed by atoms with van der Waals surface area (Å²) in [5.74, 6) is 1.13. The van der Waals surface area contributed by atoms with Crippen LogP contribution in [0.4, 0.5) is 4.79 Å². The number of nitrogens with one attached hydrogen (secondary N) is 1. The standard InChI is InChI=1S/C25H24N2O4S2/c1-30-21-14-18(8-5-9-22-24(28)27-25(29)33-22)10-12-20(21)31-15-19-16-32-23(26-19)13-11-17-6-3-2-4-7-17/h2-4,6-7,10-14,16,22H,5,8-9,15H2,1H3,(H,27,28,29)/b13-11+. The van der Waals surface area contributed by atoms with Crippen LogP contribution in [0.1, 0.15) is 34.7 Å². The number of rotatable bonds is 10. The van der Waals surface area contributed by atoms with E-state index in [4.69, 9.17) is 9.47 Å². The predicted molar refractivity (Wildman–Crippen MR) is 133 cm³/mol. The molecule has 33 heavy (non-hydrogen) atoms. The molecule has 0 saturated carbocycles. The second-order valence-corrected chi connectivity index (χ2v) is 9.54. The number of thioether (sulfide) groups is 1. The first kappa shape index (κ1) is 23.1. The van der Waals surface area contributed by atoms with Crippen molar-refractivity contribution in [2.24, 2.45) is 0 Å². The van der Waals surface area contributed by atoms with E-state index >= 15 is 0 Å². The van der Waals surface area contributed by atoms with Crippen molar-refractivity contribution in [1.82, 2.24) is 10.3 Å². The number of nitrogens with zero attached hydrogens (tertiary/aromatic N) is 1. The van der Waals surface area contributed by atoms with Gasteiger partial charge in [-0.2, -0.15) is 0 Å². The highest BCUT2D eigenvalue weighted by atomic mass is 32.2. The van der Waals surface area contributed by atoms with Gasteiger partial charge in [0.05, 0.1) is 18.1 Å². The number of hydrogen-bond acceptors (Lipinski definition) is 7. The third kappa shape index (κ3) is 6.46. The first-order valence-electron chi connectivity index (χ1n) is 10.6. The van der Waals surface area contributed by atoms with E-state index < -0.39 is 0 Å². The second-order valence-electron chi connectivity index (χ2n) is 7.47. The number of thiazole rings is 1. The van der Waals surface area contributed by atoms with Crippen LogP contribution in [0.15, 0.2) is 53.9 Å². The minimum absolute atomic E-state index is 0.188. The lowest BCUT2D eigenvalue weighted by Gasteiger charge is -2.12. The monoisotopic (exact) mass is 480 g/mol. The zero-order valence-electron chi connectivity index (χ0n) is 18.2. The van der Waals surface area contributed by atoms with Gasteiger partial charge in [0, 0.05) is 5.38 Å². The Morgan fingerprint density at radius 2 is 1.94 bits per heavy atom. The fourth-order valence-corrected chi connectivity index (χ4v) is 4.97. The van der Waals surface area contributed by atoms with Crippen molar-refractivity contribution in [1.29, 1.82) is 0 Å². The summed E-state index contributed by atoms with van der Waals surface area (Å²) >= 11 is 2.65. The van der Waals surface area contributed by atoms with Gasteiger partial charge in [-0.15, -0.1) is 11.3 Å². The molecular weight excluding hydrogens is 456 g/mol. The summed E-state index contributed by atoms with van der Waals surface area (Å²) in [4.78, 5) is 27.5. The van der Waals surface area contributed by atoms with E-state index in [0.29, 0.717) is 24.5 Å². The highest BCUT2D eigenvalue weighted by molar-refractivity contribution is 8.15. The van der Waals surface area contributed by atoms with E-state index in [1.54, 1.807) is 18.4 Å². The molecule has 170 valence electrons. The Labute approximate surface area is 201 Å². The number of carbonyl (C=O) groups excluding carboxylic acids is 2. The largest absolute Gasteiger partial charge is 0.493 e. The lowest BCUT2D eigenvalue weighted by Crippen LogP contribution is -2.24. The molecule has 1 aromatic heterocycles. The molecule has 0 aliphatic carbocycles. The van der Waals surface area contributed by atoms with Crippen molar-refractivity contribution >= 4 is 46.4 Å². The van der Waals surface area contributed by atoms with Crippen LogP contribution in [0.5, 0.6) is 11.5 Å². The number of methoxy groups -OCH3 is 1. The Morgan fingerprint density at radius 1 is 1.09 bits per heavy atom. The van der Waals surface area contributed by atoms with E-state index in [1.165, 1.54) is 0 Å². The molecule has 1 atom stereocenters. The van der Waals surface area contributed by atoms with Crippen LogP contribution < -0.4 is 14.8 Å². The van der Waals surface area contributed by atoms with Crippen molar-refractivity contribution in [3.63, 3.8) is 0 Å². The number of aromatic nitrogens is 1. The third-order valence-corrected chi connectivity index (χ3v) is 7.00. The van der Waals surface area contributed by atoms with Crippen LogP contribution in [-0.4, -0.2) is 28.5 Å². The Balaban J connectivity index is 1.29. The van der Waals surface area contributed by atoms with Gasteiger partial charge in [-0.1, -0.05) is 54.2 Å².